The van der Waals surface area contributed by atoms with Crippen LogP contribution in [-0.4, -0.2) is 26.9 Å². The van der Waals surface area contributed by atoms with Crippen LogP contribution in [0.3, 0.4) is 0 Å². The number of rotatable bonds is 3. The van der Waals surface area contributed by atoms with E-state index in [1.165, 1.54) is 4.57 Å². The quantitative estimate of drug-likeness (QED) is 0.528. The molecule has 0 N–H and O–H groups in total. The summed E-state index contributed by atoms with van der Waals surface area (Å²) in [6, 6.07) is 15.2. The zero-order valence-electron chi connectivity index (χ0n) is 15.2. The van der Waals surface area contributed by atoms with Crippen LogP contribution < -0.4 is 5.76 Å². The van der Waals surface area contributed by atoms with Crippen LogP contribution in [-0.2, 0) is 11.3 Å². The fourth-order valence-electron chi connectivity index (χ4n) is 3.91. The van der Waals surface area contributed by atoms with Gasteiger partial charge in [0.05, 0.1) is 21.8 Å². The van der Waals surface area contributed by atoms with Crippen LogP contribution in [0, 0.1) is 0 Å². The third kappa shape index (κ3) is 2.92. The monoisotopic (exact) mass is 393 g/mol. The number of benzene rings is 2. The summed E-state index contributed by atoms with van der Waals surface area (Å²) in [6.07, 6.45) is 2.93. The van der Waals surface area contributed by atoms with Gasteiger partial charge in [0.25, 0.3) is 0 Å². The molecule has 1 aliphatic rings. The molecule has 0 spiro atoms. The Morgan fingerprint density at radius 2 is 1.96 bits per heavy atom. The van der Waals surface area contributed by atoms with Crippen molar-refractivity contribution in [3.63, 3.8) is 0 Å². The molecule has 0 aliphatic carbocycles. The Morgan fingerprint density at radius 1 is 1.14 bits per heavy atom. The number of hydrogen-bond donors (Lipinski definition) is 0. The molecule has 0 radical (unpaired) electrons. The number of amides is 1. The summed E-state index contributed by atoms with van der Waals surface area (Å²) in [5.74, 6) is -0.569. The van der Waals surface area contributed by atoms with Crippen molar-refractivity contribution in [2.24, 2.45) is 0 Å². The van der Waals surface area contributed by atoms with Crippen molar-refractivity contribution < 1.29 is 9.21 Å². The van der Waals surface area contributed by atoms with Crippen molar-refractivity contribution in [3.05, 3.63) is 64.1 Å². The first-order valence-corrected chi connectivity index (χ1v) is 10.3. The van der Waals surface area contributed by atoms with Crippen LogP contribution in [0.1, 0.15) is 30.3 Å². The number of oxazole rings is 1. The van der Waals surface area contributed by atoms with E-state index in [4.69, 9.17) is 9.40 Å². The molecule has 3 heterocycles. The van der Waals surface area contributed by atoms with Crippen molar-refractivity contribution in [3.8, 4) is 0 Å². The molecule has 0 saturated carbocycles. The van der Waals surface area contributed by atoms with Gasteiger partial charge in [-0.15, -0.1) is 11.3 Å². The van der Waals surface area contributed by atoms with Crippen molar-refractivity contribution in [2.75, 3.05) is 6.54 Å². The van der Waals surface area contributed by atoms with Gasteiger partial charge in [-0.25, -0.2) is 9.78 Å². The minimum atomic E-state index is -0.497. The van der Waals surface area contributed by atoms with E-state index in [1.54, 1.807) is 23.5 Å². The molecule has 1 saturated heterocycles. The highest BCUT2D eigenvalue weighted by atomic mass is 32.1. The maximum Gasteiger partial charge on any atom is 0.420 e. The maximum absolute atomic E-state index is 13.2. The van der Waals surface area contributed by atoms with Crippen LogP contribution in [0.4, 0.5) is 0 Å². The van der Waals surface area contributed by atoms with Crippen LogP contribution in [0.2, 0.25) is 0 Å². The summed E-state index contributed by atoms with van der Waals surface area (Å²) in [5, 5.41) is 0.971. The average Bonchev–Trinajstić information content (AvgIpc) is 3.29. The topological polar surface area (TPSA) is 68.3 Å². The highest BCUT2D eigenvalue weighted by molar-refractivity contribution is 7.18. The highest BCUT2D eigenvalue weighted by Crippen LogP contribution is 2.35. The molecule has 2 aromatic carbocycles. The van der Waals surface area contributed by atoms with Crippen LogP contribution in [0.5, 0.6) is 0 Å². The molecule has 142 valence electrons. The summed E-state index contributed by atoms with van der Waals surface area (Å²) >= 11 is 1.65. The molecular formula is C21H19N3O3S. The lowest BCUT2D eigenvalue weighted by atomic mass is 10.0. The zero-order chi connectivity index (χ0) is 19.1. The van der Waals surface area contributed by atoms with Gasteiger partial charge in [0.1, 0.15) is 11.6 Å². The lowest BCUT2D eigenvalue weighted by molar-refractivity contribution is -0.135. The molecule has 5 rings (SSSR count). The first-order chi connectivity index (χ1) is 13.7. The van der Waals surface area contributed by atoms with E-state index in [1.807, 2.05) is 35.2 Å². The van der Waals surface area contributed by atoms with E-state index in [-0.39, 0.29) is 18.5 Å². The van der Waals surface area contributed by atoms with Gasteiger partial charge in [0.15, 0.2) is 5.58 Å². The molecule has 6 nitrogen and oxygen atoms in total. The predicted octanol–water partition coefficient (Wildman–Crippen LogP) is 3.96. The summed E-state index contributed by atoms with van der Waals surface area (Å²) in [6.45, 7) is 0.668. The Kier molecular flexibility index (Phi) is 4.24. The number of carbonyl (C=O) groups excluding carboxylic acids is 1. The van der Waals surface area contributed by atoms with E-state index in [0.29, 0.717) is 17.6 Å². The molecule has 1 atom stereocenters. The average molecular weight is 393 g/mol. The van der Waals surface area contributed by atoms with Crippen molar-refractivity contribution in [2.45, 2.75) is 31.8 Å². The standard InChI is InChI=1S/C21H19N3O3S/c25-19(13-24-15-8-2-3-10-17(15)27-21(24)26)23-12-6-5-9-16(23)20-22-14-7-1-4-11-18(14)28-20/h1-4,7-8,10-11,16H,5-6,9,12-13H2/t16-/m1/s1. The predicted molar refractivity (Wildman–Crippen MR) is 108 cm³/mol. The summed E-state index contributed by atoms with van der Waals surface area (Å²) in [5.41, 5.74) is 2.12. The van der Waals surface area contributed by atoms with Gasteiger partial charge >= 0.3 is 5.76 Å². The summed E-state index contributed by atoms with van der Waals surface area (Å²) in [7, 11) is 0. The van der Waals surface area contributed by atoms with Crippen LogP contribution in [0.15, 0.2) is 57.7 Å². The van der Waals surface area contributed by atoms with Gasteiger partial charge in [0.2, 0.25) is 5.91 Å². The molecule has 2 aromatic heterocycles. The second-order valence-corrected chi connectivity index (χ2v) is 8.10. The first-order valence-electron chi connectivity index (χ1n) is 9.44. The highest BCUT2D eigenvalue weighted by Gasteiger charge is 2.31. The molecular weight excluding hydrogens is 374 g/mol. The summed E-state index contributed by atoms with van der Waals surface area (Å²) in [4.78, 5) is 32.1. The van der Waals surface area contributed by atoms with Gasteiger partial charge in [-0.05, 0) is 43.5 Å². The molecule has 4 aromatic rings. The largest absolute Gasteiger partial charge is 0.420 e. The van der Waals surface area contributed by atoms with E-state index >= 15 is 0 Å². The Balaban J connectivity index is 1.46. The fraction of sp³-hybridized carbons (Fsp3) is 0.286. The van der Waals surface area contributed by atoms with Gasteiger partial charge in [-0.1, -0.05) is 24.3 Å². The summed E-state index contributed by atoms with van der Waals surface area (Å²) < 4.78 is 7.82. The molecule has 1 amide bonds. The number of nitrogens with zero attached hydrogens (tertiary/aromatic N) is 3. The molecule has 1 fully saturated rings. The number of hydrogen-bond acceptors (Lipinski definition) is 5. The molecule has 28 heavy (non-hydrogen) atoms. The third-order valence-corrected chi connectivity index (χ3v) is 6.42. The van der Waals surface area contributed by atoms with Gasteiger partial charge in [-0.3, -0.25) is 9.36 Å². The number of piperidine rings is 1. The Hall–Kier alpha value is -2.93. The van der Waals surface area contributed by atoms with Gasteiger partial charge < -0.3 is 9.32 Å². The lowest BCUT2D eigenvalue weighted by Gasteiger charge is -2.34. The fourth-order valence-corrected chi connectivity index (χ4v) is 5.02. The number of aromatic nitrogens is 2. The van der Waals surface area contributed by atoms with E-state index in [0.717, 1.165) is 34.5 Å². The Labute approximate surface area is 165 Å². The number of likely N-dealkylation sites (tertiary alicyclic amines) is 1. The maximum atomic E-state index is 13.2. The Morgan fingerprint density at radius 3 is 2.86 bits per heavy atom. The SMILES string of the molecule is O=C(Cn1c(=O)oc2ccccc21)N1CCCC[C@@H]1c1nc2ccccc2s1. The van der Waals surface area contributed by atoms with Crippen molar-refractivity contribution >= 4 is 38.6 Å². The third-order valence-electron chi connectivity index (χ3n) is 5.29. The number of para-hydroxylation sites is 3. The van der Waals surface area contributed by atoms with Gasteiger partial charge in [0, 0.05) is 6.54 Å². The van der Waals surface area contributed by atoms with E-state index < -0.39 is 5.76 Å². The van der Waals surface area contributed by atoms with Crippen LogP contribution in [0.25, 0.3) is 21.3 Å². The normalized spacial score (nSPS) is 17.4. The minimum absolute atomic E-state index is 0.0166. The molecule has 0 bridgehead atoms. The molecule has 1 aliphatic heterocycles. The first kappa shape index (κ1) is 17.2. The molecule has 7 heteroatoms. The number of thiazole rings is 1. The molecule has 0 unspecified atom stereocenters. The van der Waals surface area contributed by atoms with Crippen molar-refractivity contribution in [1.82, 2.24) is 14.5 Å². The lowest BCUT2D eigenvalue weighted by Crippen LogP contribution is -2.41. The number of fused-ring (bicyclic) bond motifs is 2. The second kappa shape index (κ2) is 6.91. The van der Waals surface area contributed by atoms with Crippen molar-refractivity contribution in [1.29, 1.82) is 0 Å². The minimum Gasteiger partial charge on any atom is -0.408 e. The van der Waals surface area contributed by atoms with Gasteiger partial charge in [-0.2, -0.15) is 0 Å². The number of carbonyl (C=O) groups is 1. The van der Waals surface area contributed by atoms with Crippen LogP contribution >= 0.6 is 11.3 Å². The Bertz CT molecular complexity index is 1190. The van der Waals surface area contributed by atoms with E-state index in [9.17, 15) is 9.59 Å². The zero-order valence-corrected chi connectivity index (χ0v) is 16.0. The second-order valence-electron chi connectivity index (χ2n) is 7.04. The van der Waals surface area contributed by atoms with E-state index in [2.05, 4.69) is 6.07 Å². The smallest absolute Gasteiger partial charge is 0.408 e.